The van der Waals surface area contributed by atoms with E-state index in [2.05, 4.69) is 41.4 Å². The van der Waals surface area contributed by atoms with Crippen LogP contribution in [0.15, 0.2) is 66.9 Å². The molecule has 1 heterocycles. The molecule has 0 amide bonds. The number of fused-ring (bicyclic) bond motifs is 2. The number of Topliss-reactive ketones (excluding diaryl/α,β-unsaturated/α-hetero) is 1. The van der Waals surface area contributed by atoms with Crippen LogP contribution in [-0.4, -0.2) is 10.8 Å². The van der Waals surface area contributed by atoms with E-state index in [0.717, 1.165) is 12.8 Å². The third kappa shape index (κ3) is 1.86. The fraction of sp³-hybridized carbons (Fsp3) is 0.263. The van der Waals surface area contributed by atoms with E-state index in [9.17, 15) is 4.79 Å². The number of carbonyl (C=O) groups is 1. The van der Waals surface area contributed by atoms with Crippen LogP contribution in [0.5, 0.6) is 0 Å². The third-order valence-corrected chi connectivity index (χ3v) is 4.95. The molecule has 2 aromatic rings. The van der Waals surface area contributed by atoms with E-state index < -0.39 is 0 Å². The molecule has 104 valence electrons. The minimum Gasteiger partial charge on any atom is -0.291 e. The van der Waals surface area contributed by atoms with Crippen molar-refractivity contribution in [1.82, 2.24) is 4.98 Å². The zero-order valence-corrected chi connectivity index (χ0v) is 11.8. The standard InChI is InChI=1S/C19H17NO/c21-18(17-8-4-5-11-20-17)19-10-9-14(13-19)12-16(19)15-6-2-1-3-7-15/h1-11,14,16H,12-13H2/t14?,16-,19-/m0/s1. The second-order valence-electron chi connectivity index (χ2n) is 6.11. The third-order valence-electron chi connectivity index (χ3n) is 4.95. The minimum absolute atomic E-state index is 0.174. The van der Waals surface area contributed by atoms with E-state index in [0.29, 0.717) is 11.6 Å². The molecule has 1 unspecified atom stereocenters. The molecule has 2 nitrogen and oxygen atoms in total. The Balaban J connectivity index is 1.77. The summed E-state index contributed by atoms with van der Waals surface area (Å²) in [6.45, 7) is 0. The number of carbonyl (C=O) groups excluding carboxylic acids is 1. The number of rotatable bonds is 3. The van der Waals surface area contributed by atoms with Crippen molar-refractivity contribution in [3.05, 3.63) is 78.1 Å². The highest BCUT2D eigenvalue weighted by Gasteiger charge is 2.54. The van der Waals surface area contributed by atoms with Crippen molar-refractivity contribution >= 4 is 5.78 Å². The normalized spacial score (nSPS) is 29.7. The molecule has 2 aliphatic rings. The van der Waals surface area contributed by atoms with Gasteiger partial charge in [0.2, 0.25) is 0 Å². The lowest BCUT2D eigenvalue weighted by molar-refractivity contribution is 0.0836. The maximum absolute atomic E-state index is 13.1. The van der Waals surface area contributed by atoms with Gasteiger partial charge in [0.15, 0.2) is 5.78 Å². The molecule has 2 bridgehead atoms. The summed E-state index contributed by atoms with van der Waals surface area (Å²) in [7, 11) is 0. The molecule has 0 saturated heterocycles. The topological polar surface area (TPSA) is 30.0 Å². The Kier molecular flexibility index (Phi) is 2.78. The van der Waals surface area contributed by atoms with Crippen LogP contribution in [0.2, 0.25) is 0 Å². The number of pyridine rings is 1. The molecule has 3 atom stereocenters. The van der Waals surface area contributed by atoms with Gasteiger partial charge in [0.05, 0.1) is 5.41 Å². The summed E-state index contributed by atoms with van der Waals surface area (Å²) in [5, 5.41) is 0. The summed E-state index contributed by atoms with van der Waals surface area (Å²) >= 11 is 0. The molecular formula is C19H17NO. The minimum atomic E-state index is -0.389. The van der Waals surface area contributed by atoms with Gasteiger partial charge in [0.25, 0.3) is 0 Å². The van der Waals surface area contributed by atoms with Gasteiger partial charge in [-0.25, -0.2) is 0 Å². The zero-order chi connectivity index (χ0) is 14.3. The van der Waals surface area contributed by atoms with Gasteiger partial charge in [0, 0.05) is 12.1 Å². The number of allylic oxidation sites excluding steroid dienone is 2. The molecule has 0 spiro atoms. The SMILES string of the molecule is O=C(c1ccccn1)[C@]12C=CC(C[C@H]1c1ccccc1)C2. The van der Waals surface area contributed by atoms with E-state index in [1.54, 1.807) is 6.20 Å². The maximum Gasteiger partial charge on any atom is 0.191 e. The molecule has 4 rings (SSSR count). The summed E-state index contributed by atoms with van der Waals surface area (Å²) in [5.74, 6) is 0.985. The molecule has 2 aliphatic carbocycles. The first-order chi connectivity index (χ1) is 10.3. The summed E-state index contributed by atoms with van der Waals surface area (Å²) in [4.78, 5) is 17.4. The quantitative estimate of drug-likeness (QED) is 0.625. The summed E-state index contributed by atoms with van der Waals surface area (Å²) < 4.78 is 0. The molecule has 2 heteroatoms. The fourth-order valence-corrected chi connectivity index (χ4v) is 3.99. The van der Waals surface area contributed by atoms with Crippen molar-refractivity contribution in [1.29, 1.82) is 0 Å². The van der Waals surface area contributed by atoms with Crippen molar-refractivity contribution in [3.8, 4) is 0 Å². The van der Waals surface area contributed by atoms with Gasteiger partial charge in [-0.05, 0) is 36.5 Å². The smallest absolute Gasteiger partial charge is 0.191 e. The Bertz CT molecular complexity index is 692. The average molecular weight is 275 g/mol. The van der Waals surface area contributed by atoms with Crippen LogP contribution in [0.4, 0.5) is 0 Å². The predicted octanol–water partition coefficient (Wildman–Crippen LogP) is 4.01. The summed E-state index contributed by atoms with van der Waals surface area (Å²) in [5.41, 5.74) is 1.47. The van der Waals surface area contributed by atoms with Crippen LogP contribution in [0.1, 0.15) is 34.8 Å². The average Bonchev–Trinajstić information content (AvgIpc) is 3.15. The van der Waals surface area contributed by atoms with Crippen molar-refractivity contribution in [2.75, 3.05) is 0 Å². The van der Waals surface area contributed by atoms with Crippen LogP contribution in [0, 0.1) is 11.3 Å². The van der Waals surface area contributed by atoms with Crippen molar-refractivity contribution in [2.45, 2.75) is 18.8 Å². The van der Waals surface area contributed by atoms with Gasteiger partial charge in [-0.1, -0.05) is 48.6 Å². The number of benzene rings is 1. The lowest BCUT2D eigenvalue weighted by atomic mass is 9.70. The number of ketones is 1. The van der Waals surface area contributed by atoms with Crippen LogP contribution in [0.3, 0.4) is 0 Å². The van der Waals surface area contributed by atoms with Gasteiger partial charge in [-0.3, -0.25) is 9.78 Å². The summed E-state index contributed by atoms with van der Waals surface area (Å²) in [6, 6.07) is 16.0. The van der Waals surface area contributed by atoms with E-state index in [1.165, 1.54) is 5.56 Å². The Morgan fingerprint density at radius 3 is 2.62 bits per heavy atom. The molecular weight excluding hydrogens is 258 g/mol. The van der Waals surface area contributed by atoms with Crippen LogP contribution >= 0.6 is 0 Å². The molecule has 0 radical (unpaired) electrons. The summed E-state index contributed by atoms with van der Waals surface area (Å²) in [6.07, 6.45) is 8.07. The molecule has 1 saturated carbocycles. The monoisotopic (exact) mass is 275 g/mol. The largest absolute Gasteiger partial charge is 0.291 e. The number of nitrogens with zero attached hydrogens (tertiary/aromatic N) is 1. The van der Waals surface area contributed by atoms with Crippen molar-refractivity contribution in [2.24, 2.45) is 11.3 Å². The molecule has 1 fully saturated rings. The van der Waals surface area contributed by atoms with E-state index in [-0.39, 0.29) is 17.1 Å². The Hall–Kier alpha value is -2.22. The zero-order valence-electron chi connectivity index (χ0n) is 11.8. The lowest BCUT2D eigenvalue weighted by Crippen LogP contribution is -2.32. The second-order valence-corrected chi connectivity index (χ2v) is 6.11. The van der Waals surface area contributed by atoms with E-state index in [1.807, 2.05) is 24.3 Å². The molecule has 0 aliphatic heterocycles. The maximum atomic E-state index is 13.1. The fourth-order valence-electron chi connectivity index (χ4n) is 3.99. The van der Waals surface area contributed by atoms with E-state index in [4.69, 9.17) is 0 Å². The predicted molar refractivity (Wildman–Crippen MR) is 82.0 cm³/mol. The van der Waals surface area contributed by atoms with Crippen molar-refractivity contribution < 1.29 is 4.79 Å². The van der Waals surface area contributed by atoms with Gasteiger partial charge in [-0.15, -0.1) is 0 Å². The first-order valence-electron chi connectivity index (χ1n) is 7.50. The molecule has 21 heavy (non-hydrogen) atoms. The number of hydrogen-bond acceptors (Lipinski definition) is 2. The van der Waals surface area contributed by atoms with Crippen LogP contribution in [-0.2, 0) is 0 Å². The first kappa shape index (κ1) is 12.5. The Morgan fingerprint density at radius 1 is 1.10 bits per heavy atom. The van der Waals surface area contributed by atoms with Crippen LogP contribution < -0.4 is 0 Å². The lowest BCUT2D eigenvalue weighted by Gasteiger charge is -2.31. The molecule has 1 aromatic heterocycles. The van der Waals surface area contributed by atoms with Crippen molar-refractivity contribution in [3.63, 3.8) is 0 Å². The second kappa shape index (κ2) is 4.66. The highest BCUT2D eigenvalue weighted by Crippen LogP contribution is 2.58. The molecule has 1 aromatic carbocycles. The van der Waals surface area contributed by atoms with Crippen LogP contribution in [0.25, 0.3) is 0 Å². The first-order valence-corrected chi connectivity index (χ1v) is 7.50. The Labute approximate surface area is 124 Å². The highest BCUT2D eigenvalue weighted by molar-refractivity contribution is 6.01. The van der Waals surface area contributed by atoms with Gasteiger partial charge >= 0.3 is 0 Å². The van der Waals surface area contributed by atoms with E-state index >= 15 is 0 Å². The Morgan fingerprint density at radius 2 is 1.90 bits per heavy atom. The molecule has 0 N–H and O–H groups in total. The van der Waals surface area contributed by atoms with Gasteiger partial charge in [-0.2, -0.15) is 0 Å². The number of aromatic nitrogens is 1. The van der Waals surface area contributed by atoms with Gasteiger partial charge in [0.1, 0.15) is 5.69 Å². The highest BCUT2D eigenvalue weighted by atomic mass is 16.1. The number of hydrogen-bond donors (Lipinski definition) is 0. The van der Waals surface area contributed by atoms with Gasteiger partial charge < -0.3 is 0 Å².